The van der Waals surface area contributed by atoms with Crippen molar-refractivity contribution in [1.82, 2.24) is 0 Å². The quantitative estimate of drug-likeness (QED) is 0.875. The van der Waals surface area contributed by atoms with Gasteiger partial charge in [0.2, 0.25) is 5.91 Å². The Bertz CT molecular complexity index is 484. The molecule has 1 saturated carbocycles. The lowest BCUT2D eigenvalue weighted by molar-refractivity contribution is -0.136. The summed E-state index contributed by atoms with van der Waals surface area (Å²) in [7, 11) is 0. The molecule has 1 aromatic carbocycles. The number of carbonyl (C=O) groups excluding carboxylic acids is 1. The molecular formula is C15H19NO3. The second-order valence-corrected chi connectivity index (χ2v) is 5.23. The molecule has 0 bridgehead atoms. The number of amides is 1. The molecule has 1 amide bonds. The number of hydrogen-bond acceptors (Lipinski definition) is 2. The Kier molecular flexibility index (Phi) is 4.20. The van der Waals surface area contributed by atoms with Gasteiger partial charge >= 0.3 is 5.97 Å². The Labute approximate surface area is 112 Å². The van der Waals surface area contributed by atoms with E-state index in [1.807, 2.05) is 0 Å². The molecule has 0 aliphatic heterocycles. The van der Waals surface area contributed by atoms with E-state index >= 15 is 0 Å². The van der Waals surface area contributed by atoms with Gasteiger partial charge in [-0.15, -0.1) is 0 Å². The van der Waals surface area contributed by atoms with Gasteiger partial charge in [0.1, 0.15) is 0 Å². The summed E-state index contributed by atoms with van der Waals surface area (Å²) >= 11 is 0. The second-order valence-electron chi connectivity index (χ2n) is 5.23. The van der Waals surface area contributed by atoms with E-state index in [9.17, 15) is 9.59 Å². The summed E-state index contributed by atoms with van der Waals surface area (Å²) in [6.07, 6.45) is 3.04. The lowest BCUT2D eigenvalue weighted by Crippen LogP contribution is -2.25. The average Bonchev–Trinajstić information content (AvgIpc) is 2.77. The van der Waals surface area contributed by atoms with Crippen LogP contribution in [0.2, 0.25) is 0 Å². The zero-order chi connectivity index (χ0) is 13.8. The van der Waals surface area contributed by atoms with Gasteiger partial charge in [0.05, 0.1) is 6.42 Å². The summed E-state index contributed by atoms with van der Waals surface area (Å²) < 4.78 is 0. The fourth-order valence-electron chi connectivity index (χ4n) is 2.72. The zero-order valence-corrected chi connectivity index (χ0v) is 11.1. The number of aliphatic carboxylic acids is 1. The fraction of sp³-hybridized carbons (Fsp3) is 0.467. The van der Waals surface area contributed by atoms with Gasteiger partial charge in [-0.05, 0) is 30.4 Å². The largest absolute Gasteiger partial charge is 0.481 e. The van der Waals surface area contributed by atoms with Gasteiger partial charge in [-0.1, -0.05) is 31.5 Å². The molecule has 4 heteroatoms. The normalized spacial score (nSPS) is 22.2. The lowest BCUT2D eigenvalue weighted by Gasteiger charge is -2.16. The van der Waals surface area contributed by atoms with Crippen molar-refractivity contribution < 1.29 is 14.7 Å². The summed E-state index contributed by atoms with van der Waals surface area (Å²) in [5, 5.41) is 11.8. The highest BCUT2D eigenvalue weighted by atomic mass is 16.4. The molecule has 2 unspecified atom stereocenters. The van der Waals surface area contributed by atoms with Crippen molar-refractivity contribution in [2.24, 2.45) is 11.8 Å². The van der Waals surface area contributed by atoms with E-state index in [4.69, 9.17) is 5.11 Å². The summed E-state index contributed by atoms with van der Waals surface area (Å²) in [5.74, 6) is -0.414. The third kappa shape index (κ3) is 3.34. The Balaban J connectivity index is 2.10. The van der Waals surface area contributed by atoms with Crippen LogP contribution in [0.15, 0.2) is 24.3 Å². The SMILES string of the molecule is CC1CCCC1C(=O)Nc1ccccc1CC(=O)O. The molecule has 1 fully saturated rings. The van der Waals surface area contributed by atoms with Gasteiger partial charge in [0.15, 0.2) is 0 Å². The van der Waals surface area contributed by atoms with E-state index in [1.54, 1.807) is 24.3 Å². The van der Waals surface area contributed by atoms with Crippen LogP contribution in [-0.4, -0.2) is 17.0 Å². The highest BCUT2D eigenvalue weighted by Crippen LogP contribution is 2.32. The van der Waals surface area contributed by atoms with Gasteiger partial charge < -0.3 is 10.4 Å². The average molecular weight is 261 g/mol. The van der Waals surface area contributed by atoms with E-state index in [-0.39, 0.29) is 18.2 Å². The first kappa shape index (κ1) is 13.6. The molecule has 1 aliphatic carbocycles. The number of rotatable bonds is 4. The van der Waals surface area contributed by atoms with Crippen molar-refractivity contribution in [3.63, 3.8) is 0 Å². The lowest BCUT2D eigenvalue weighted by atomic mass is 9.97. The van der Waals surface area contributed by atoms with Gasteiger partial charge in [0, 0.05) is 11.6 Å². The minimum absolute atomic E-state index is 0.0165. The Morgan fingerprint density at radius 2 is 2.05 bits per heavy atom. The number of para-hydroxylation sites is 1. The monoisotopic (exact) mass is 261 g/mol. The van der Waals surface area contributed by atoms with Gasteiger partial charge in [-0.25, -0.2) is 0 Å². The predicted octanol–water partition coefficient (Wildman–Crippen LogP) is 2.69. The summed E-state index contributed by atoms with van der Waals surface area (Å²) in [5.41, 5.74) is 1.27. The molecule has 0 radical (unpaired) electrons. The minimum atomic E-state index is -0.893. The first-order valence-corrected chi connectivity index (χ1v) is 6.68. The van der Waals surface area contributed by atoms with Gasteiger partial charge in [-0.2, -0.15) is 0 Å². The van der Waals surface area contributed by atoms with Crippen LogP contribution in [0.1, 0.15) is 31.7 Å². The second kappa shape index (κ2) is 5.87. The molecule has 1 aliphatic rings. The van der Waals surface area contributed by atoms with Crippen molar-refractivity contribution in [3.8, 4) is 0 Å². The Hall–Kier alpha value is -1.84. The van der Waals surface area contributed by atoms with E-state index < -0.39 is 5.97 Å². The molecule has 0 aromatic heterocycles. The van der Waals surface area contributed by atoms with Crippen LogP contribution >= 0.6 is 0 Å². The standard InChI is InChI=1S/C15H19NO3/c1-10-5-4-7-12(10)15(19)16-13-8-3-2-6-11(13)9-14(17)18/h2-3,6,8,10,12H,4-5,7,9H2,1H3,(H,16,19)(H,17,18). The molecule has 102 valence electrons. The first-order valence-electron chi connectivity index (χ1n) is 6.68. The van der Waals surface area contributed by atoms with E-state index in [1.165, 1.54) is 0 Å². The number of carbonyl (C=O) groups is 2. The summed E-state index contributed by atoms with van der Waals surface area (Å²) in [4.78, 5) is 23.0. The van der Waals surface area contributed by atoms with Crippen LogP contribution in [-0.2, 0) is 16.0 Å². The molecular weight excluding hydrogens is 242 g/mol. The molecule has 2 N–H and O–H groups in total. The fourth-order valence-corrected chi connectivity index (χ4v) is 2.72. The molecule has 2 rings (SSSR count). The van der Waals surface area contributed by atoms with Crippen molar-refractivity contribution in [2.75, 3.05) is 5.32 Å². The van der Waals surface area contributed by atoms with Crippen LogP contribution in [0, 0.1) is 11.8 Å². The number of carboxylic acids is 1. The van der Waals surface area contributed by atoms with Crippen molar-refractivity contribution in [1.29, 1.82) is 0 Å². The maximum atomic E-state index is 12.2. The zero-order valence-electron chi connectivity index (χ0n) is 11.1. The van der Waals surface area contributed by atoms with E-state index in [0.29, 0.717) is 17.2 Å². The van der Waals surface area contributed by atoms with Crippen LogP contribution in [0.25, 0.3) is 0 Å². The highest BCUT2D eigenvalue weighted by molar-refractivity contribution is 5.94. The molecule has 1 aromatic rings. The van der Waals surface area contributed by atoms with Crippen LogP contribution in [0.4, 0.5) is 5.69 Å². The van der Waals surface area contributed by atoms with Crippen molar-refractivity contribution >= 4 is 17.6 Å². The number of anilines is 1. The maximum absolute atomic E-state index is 12.2. The minimum Gasteiger partial charge on any atom is -0.481 e. The number of nitrogens with one attached hydrogen (secondary N) is 1. The van der Waals surface area contributed by atoms with Crippen LogP contribution in [0.5, 0.6) is 0 Å². The molecule has 2 atom stereocenters. The third-order valence-corrected chi connectivity index (χ3v) is 3.82. The Morgan fingerprint density at radius 1 is 1.32 bits per heavy atom. The molecule has 19 heavy (non-hydrogen) atoms. The smallest absolute Gasteiger partial charge is 0.307 e. The third-order valence-electron chi connectivity index (χ3n) is 3.82. The van der Waals surface area contributed by atoms with Crippen molar-refractivity contribution in [3.05, 3.63) is 29.8 Å². The summed E-state index contributed by atoms with van der Waals surface area (Å²) in [6, 6.07) is 7.09. The molecule has 0 heterocycles. The van der Waals surface area contributed by atoms with E-state index in [0.717, 1.165) is 19.3 Å². The number of carboxylic acid groups (broad SMARTS) is 1. The Morgan fingerprint density at radius 3 is 2.68 bits per heavy atom. The summed E-state index contributed by atoms with van der Waals surface area (Å²) in [6.45, 7) is 2.10. The highest BCUT2D eigenvalue weighted by Gasteiger charge is 2.29. The first-order chi connectivity index (χ1) is 9.08. The van der Waals surface area contributed by atoms with Crippen LogP contribution in [0.3, 0.4) is 0 Å². The van der Waals surface area contributed by atoms with Crippen LogP contribution < -0.4 is 5.32 Å². The van der Waals surface area contributed by atoms with Crippen molar-refractivity contribution in [2.45, 2.75) is 32.6 Å². The maximum Gasteiger partial charge on any atom is 0.307 e. The topological polar surface area (TPSA) is 66.4 Å². The molecule has 4 nitrogen and oxygen atoms in total. The van der Waals surface area contributed by atoms with E-state index in [2.05, 4.69) is 12.2 Å². The van der Waals surface area contributed by atoms with Gasteiger partial charge in [0.25, 0.3) is 0 Å². The molecule has 0 spiro atoms. The molecule has 0 saturated heterocycles. The number of hydrogen-bond donors (Lipinski definition) is 2. The predicted molar refractivity (Wildman–Crippen MR) is 72.9 cm³/mol. The number of benzene rings is 1. The van der Waals surface area contributed by atoms with Gasteiger partial charge in [-0.3, -0.25) is 9.59 Å².